The van der Waals surface area contributed by atoms with E-state index in [9.17, 15) is 0 Å². The average molecular weight is 659 g/mol. The van der Waals surface area contributed by atoms with E-state index >= 15 is 0 Å². The first-order chi connectivity index (χ1) is 24.2. The molecule has 3 atom stereocenters. The zero-order valence-electron chi connectivity index (χ0n) is 31.2. The highest BCUT2D eigenvalue weighted by molar-refractivity contribution is 6.17. The highest BCUT2D eigenvalue weighted by Gasteiger charge is 2.45. The van der Waals surface area contributed by atoms with Gasteiger partial charge in [-0.1, -0.05) is 111 Å². The van der Waals surface area contributed by atoms with Crippen LogP contribution in [0, 0.1) is 10.8 Å². The lowest BCUT2D eigenvalue weighted by atomic mass is 9.65. The second-order valence-electron chi connectivity index (χ2n) is 16.0. The van der Waals surface area contributed by atoms with E-state index in [-0.39, 0.29) is 16.7 Å². The summed E-state index contributed by atoms with van der Waals surface area (Å²) in [4.78, 5) is 2.74. The lowest BCUT2D eigenvalue weighted by molar-refractivity contribution is 0.242. The largest absolute Gasteiger partial charge is 0.355 e. The molecule has 2 nitrogen and oxygen atoms in total. The molecule has 4 aliphatic rings. The van der Waals surface area contributed by atoms with E-state index in [4.69, 9.17) is 0 Å². The molecule has 1 saturated heterocycles. The third-order valence-electron chi connectivity index (χ3n) is 11.9. The van der Waals surface area contributed by atoms with E-state index in [2.05, 4.69) is 168 Å². The van der Waals surface area contributed by atoms with Crippen LogP contribution < -0.4 is 5.32 Å². The van der Waals surface area contributed by atoms with Crippen molar-refractivity contribution in [2.24, 2.45) is 10.8 Å². The first-order valence-corrected chi connectivity index (χ1v) is 19.2. The number of rotatable bonds is 5. The second kappa shape index (κ2) is 14.2. The van der Waals surface area contributed by atoms with Crippen LogP contribution >= 0.6 is 0 Å². The van der Waals surface area contributed by atoms with E-state index in [0.29, 0.717) is 6.04 Å². The van der Waals surface area contributed by atoms with Gasteiger partial charge in [0.1, 0.15) is 7.85 Å². The summed E-state index contributed by atoms with van der Waals surface area (Å²) in [5.74, 6) is 2.54. The number of anilines is 2. The first-order valence-electron chi connectivity index (χ1n) is 19.2. The van der Waals surface area contributed by atoms with E-state index < -0.39 is 0 Å². The maximum absolute atomic E-state index is 3.91. The van der Waals surface area contributed by atoms with Gasteiger partial charge in [-0.25, -0.2) is 0 Å². The highest BCUT2D eigenvalue weighted by atomic mass is 15.2. The van der Waals surface area contributed by atoms with Gasteiger partial charge < -0.3 is 10.2 Å². The Morgan fingerprint density at radius 1 is 0.880 bits per heavy atom. The molecule has 0 aromatic heterocycles. The van der Waals surface area contributed by atoms with Gasteiger partial charge in [-0.3, -0.25) is 0 Å². The molecule has 1 fully saturated rings. The second-order valence-corrected chi connectivity index (χ2v) is 16.0. The number of hydrogen-bond donors (Lipinski definition) is 1. The summed E-state index contributed by atoms with van der Waals surface area (Å²) in [5.41, 5.74) is 14.5. The molecular weight excluding hydrogens is 603 g/mol. The number of nitrogens with zero attached hydrogens (tertiary/aromatic N) is 1. The quantitative estimate of drug-likeness (QED) is 0.275. The van der Waals surface area contributed by atoms with E-state index in [1.54, 1.807) is 0 Å². The summed E-state index contributed by atoms with van der Waals surface area (Å²) >= 11 is 0. The third kappa shape index (κ3) is 6.64. The molecule has 7 rings (SSSR count). The molecule has 0 saturated carbocycles. The van der Waals surface area contributed by atoms with Crippen molar-refractivity contribution in [2.75, 3.05) is 5.32 Å². The predicted octanol–water partition coefficient (Wildman–Crippen LogP) is 12.2. The molecule has 2 heterocycles. The Balaban J connectivity index is 1.36. The van der Waals surface area contributed by atoms with Crippen molar-refractivity contribution in [3.63, 3.8) is 0 Å². The fourth-order valence-corrected chi connectivity index (χ4v) is 9.01. The van der Waals surface area contributed by atoms with Crippen molar-refractivity contribution in [3.05, 3.63) is 149 Å². The van der Waals surface area contributed by atoms with Crippen molar-refractivity contribution >= 4 is 24.8 Å². The molecule has 3 unspecified atom stereocenters. The van der Waals surface area contributed by atoms with Crippen LogP contribution in [0.2, 0.25) is 0 Å². The lowest BCUT2D eigenvalue weighted by Crippen LogP contribution is -2.43. The van der Waals surface area contributed by atoms with Gasteiger partial charge in [-0.15, -0.1) is 5.98 Å². The van der Waals surface area contributed by atoms with Gasteiger partial charge in [-0.05, 0) is 128 Å². The Kier molecular flexibility index (Phi) is 9.70. The van der Waals surface area contributed by atoms with Gasteiger partial charge in [0, 0.05) is 40.1 Å². The Hall–Kier alpha value is -4.24. The van der Waals surface area contributed by atoms with Crippen LogP contribution in [0.4, 0.5) is 11.4 Å². The molecular formula is C47H55BN2. The summed E-state index contributed by atoms with van der Waals surface area (Å²) in [7, 11) is 2.25. The standard InChI is InChI=1S/C47H55BN2/c1-33-29-42(47(5)28-14-20-41-44(32-48)50(45(47)30-33)34(2)15-12-13-27-46(41,3)4)40-31-38(36-18-10-7-11-19-36)23-26-43(40)49-39-24-21-37(22-25-39)35-16-8-6-9-17-35/h6,8-9,14,16-18,20-26,28-32,34,42,49H,7,10-13,15,19,27,48H2,1-5H3/b28-14-,41-20?,44-32-. The molecule has 3 aromatic carbocycles. The molecule has 0 amide bonds. The van der Waals surface area contributed by atoms with Crippen LogP contribution in [-0.4, -0.2) is 18.8 Å². The SMILES string of the molecule is B/C=C1C2=C/C=C\C3(C)C(=CC(C)=CC3c3cc(C4=CCCCC4)ccc3Nc3ccc(-c4ccccc4)cc3)N/1C(C)CCCCC2(C)C. The number of fused-ring (bicyclic) bond motifs is 4. The Morgan fingerprint density at radius 2 is 1.64 bits per heavy atom. The van der Waals surface area contributed by atoms with Gasteiger partial charge >= 0.3 is 0 Å². The van der Waals surface area contributed by atoms with Crippen LogP contribution in [0.25, 0.3) is 16.7 Å². The summed E-state index contributed by atoms with van der Waals surface area (Å²) in [6, 6.07) is 27.2. The van der Waals surface area contributed by atoms with Crippen molar-refractivity contribution in [1.29, 1.82) is 0 Å². The van der Waals surface area contributed by atoms with Crippen molar-refractivity contribution in [3.8, 4) is 11.1 Å². The fourth-order valence-electron chi connectivity index (χ4n) is 9.01. The van der Waals surface area contributed by atoms with Crippen LogP contribution in [0.3, 0.4) is 0 Å². The van der Waals surface area contributed by atoms with Crippen molar-refractivity contribution in [2.45, 2.75) is 97.9 Å². The van der Waals surface area contributed by atoms with Gasteiger partial charge in [0.2, 0.25) is 0 Å². The zero-order valence-corrected chi connectivity index (χ0v) is 31.2. The molecule has 1 N–H and O–H groups in total. The summed E-state index contributed by atoms with van der Waals surface area (Å²) in [6.07, 6.45) is 24.7. The van der Waals surface area contributed by atoms with E-state index in [1.165, 1.54) is 101 Å². The molecule has 3 aromatic rings. The van der Waals surface area contributed by atoms with Crippen LogP contribution in [0.15, 0.2) is 138 Å². The maximum atomic E-state index is 3.91. The third-order valence-corrected chi connectivity index (χ3v) is 11.9. The molecule has 2 aliphatic heterocycles. The summed E-state index contributed by atoms with van der Waals surface area (Å²) in [6.45, 7) is 12.2. The van der Waals surface area contributed by atoms with E-state index in [1.807, 2.05) is 0 Å². The Labute approximate surface area is 302 Å². The van der Waals surface area contributed by atoms with Gasteiger partial charge in [-0.2, -0.15) is 0 Å². The van der Waals surface area contributed by atoms with Gasteiger partial charge in [0.15, 0.2) is 0 Å². The van der Waals surface area contributed by atoms with Gasteiger partial charge in [0.25, 0.3) is 0 Å². The minimum Gasteiger partial charge on any atom is -0.355 e. The molecule has 2 bridgehead atoms. The minimum absolute atomic E-state index is 0.108. The monoisotopic (exact) mass is 658 g/mol. The molecule has 0 radical (unpaired) electrons. The number of hydrogen-bond acceptors (Lipinski definition) is 2. The Bertz CT molecular complexity index is 1900. The smallest absolute Gasteiger partial charge is 0.132 e. The normalized spacial score (nSPS) is 26.4. The topological polar surface area (TPSA) is 15.3 Å². The number of allylic oxidation sites excluding steroid dienone is 9. The fraction of sp³-hybridized carbons (Fsp3) is 0.362. The molecule has 256 valence electrons. The molecule has 2 aliphatic carbocycles. The lowest BCUT2D eigenvalue weighted by Gasteiger charge is -2.49. The maximum Gasteiger partial charge on any atom is 0.132 e. The first kappa shape index (κ1) is 34.2. The van der Waals surface area contributed by atoms with Crippen molar-refractivity contribution in [1.82, 2.24) is 4.90 Å². The van der Waals surface area contributed by atoms with Crippen molar-refractivity contribution < 1.29 is 0 Å². The van der Waals surface area contributed by atoms with Crippen LogP contribution in [-0.2, 0) is 0 Å². The average Bonchev–Trinajstić information content (AvgIpc) is 3.17. The molecule has 0 spiro atoms. The molecule has 3 heteroatoms. The summed E-state index contributed by atoms with van der Waals surface area (Å²) < 4.78 is 0. The number of benzene rings is 3. The summed E-state index contributed by atoms with van der Waals surface area (Å²) in [5, 5.41) is 3.91. The van der Waals surface area contributed by atoms with Crippen LogP contribution in [0.5, 0.6) is 0 Å². The molecule has 50 heavy (non-hydrogen) atoms. The highest BCUT2D eigenvalue weighted by Crippen LogP contribution is 2.55. The van der Waals surface area contributed by atoms with Crippen LogP contribution in [0.1, 0.15) is 103 Å². The number of nitrogens with one attached hydrogen (secondary N) is 1. The zero-order chi connectivity index (χ0) is 34.9. The van der Waals surface area contributed by atoms with E-state index in [0.717, 1.165) is 12.1 Å². The minimum atomic E-state index is -0.255. The predicted molar refractivity (Wildman–Crippen MR) is 218 cm³/mol. The van der Waals surface area contributed by atoms with Gasteiger partial charge in [0.05, 0.1) is 0 Å². The Morgan fingerprint density at radius 3 is 2.38 bits per heavy atom.